The van der Waals surface area contributed by atoms with Crippen molar-refractivity contribution in [3.63, 3.8) is 0 Å². The van der Waals surface area contributed by atoms with Crippen molar-refractivity contribution >= 4 is 33.2 Å². The van der Waals surface area contributed by atoms with Gasteiger partial charge in [0, 0.05) is 4.47 Å². The van der Waals surface area contributed by atoms with E-state index in [2.05, 4.69) is 15.9 Å². The minimum atomic E-state index is -0.573. The maximum absolute atomic E-state index is 12.7. The van der Waals surface area contributed by atoms with Crippen LogP contribution < -0.4 is 5.73 Å². The Labute approximate surface area is 84.8 Å². The molecule has 1 rings (SSSR count). The molecule has 2 N–H and O–H groups in total. The van der Waals surface area contributed by atoms with Crippen molar-refractivity contribution in [2.24, 2.45) is 0 Å². The number of rotatable bonds is 0. The Morgan fingerprint density at radius 1 is 1.42 bits per heavy atom. The van der Waals surface area contributed by atoms with Crippen molar-refractivity contribution in [2.45, 2.75) is 13.8 Å². The molecule has 0 unspecified atom stereocenters. The smallest absolute Gasteiger partial charge is 0.165 e. The Hall–Kier alpha value is -0.280. The molecule has 0 aliphatic rings. The van der Waals surface area contributed by atoms with E-state index in [0.717, 1.165) is 0 Å². The monoisotopic (exact) mass is 253 g/mol. The lowest BCUT2D eigenvalue weighted by atomic mass is 10.3. The van der Waals surface area contributed by atoms with Crippen LogP contribution in [0.4, 0.5) is 10.1 Å². The summed E-state index contributed by atoms with van der Waals surface area (Å²) in [6.45, 7) is 4.00. The van der Waals surface area contributed by atoms with Gasteiger partial charge in [0.15, 0.2) is 5.82 Å². The van der Waals surface area contributed by atoms with Crippen LogP contribution in [0.2, 0.25) is 5.02 Å². The molecule has 0 saturated carbocycles. The van der Waals surface area contributed by atoms with Crippen LogP contribution in [0, 0.1) is 5.82 Å². The molecule has 0 aliphatic heterocycles. The quantitative estimate of drug-likeness (QED) is 0.552. The lowest BCUT2D eigenvalue weighted by Gasteiger charge is -1.99. The van der Waals surface area contributed by atoms with Crippen LogP contribution in [-0.4, -0.2) is 0 Å². The van der Waals surface area contributed by atoms with Gasteiger partial charge in [0.2, 0.25) is 0 Å². The van der Waals surface area contributed by atoms with Crippen molar-refractivity contribution in [3.05, 3.63) is 27.4 Å². The van der Waals surface area contributed by atoms with Gasteiger partial charge >= 0.3 is 0 Å². The maximum Gasteiger partial charge on any atom is 0.165 e. The lowest BCUT2D eigenvalue weighted by Crippen LogP contribution is -1.90. The average molecular weight is 255 g/mol. The topological polar surface area (TPSA) is 26.0 Å². The Balaban J connectivity index is 0.000000561. The third kappa shape index (κ3) is 2.64. The molecule has 4 heteroatoms. The molecule has 0 bridgehead atoms. The summed E-state index contributed by atoms with van der Waals surface area (Å²) in [7, 11) is 0. The van der Waals surface area contributed by atoms with E-state index in [1.807, 2.05) is 13.8 Å². The van der Waals surface area contributed by atoms with Crippen molar-refractivity contribution in [1.29, 1.82) is 0 Å². The van der Waals surface area contributed by atoms with Crippen LogP contribution in [0.3, 0.4) is 0 Å². The minimum Gasteiger partial charge on any atom is -0.396 e. The predicted octanol–water partition coefficient (Wildman–Crippen LogP) is 3.85. The first-order valence-electron chi connectivity index (χ1n) is 3.52. The second-order valence-electron chi connectivity index (χ2n) is 1.76. The van der Waals surface area contributed by atoms with Crippen LogP contribution in [0.15, 0.2) is 16.6 Å². The predicted molar refractivity (Wildman–Crippen MR) is 54.9 cm³/mol. The van der Waals surface area contributed by atoms with Crippen LogP contribution >= 0.6 is 27.5 Å². The van der Waals surface area contributed by atoms with E-state index >= 15 is 0 Å². The van der Waals surface area contributed by atoms with Gasteiger partial charge in [0.25, 0.3) is 0 Å². The van der Waals surface area contributed by atoms with E-state index < -0.39 is 5.82 Å². The zero-order valence-electron chi connectivity index (χ0n) is 6.87. The lowest BCUT2D eigenvalue weighted by molar-refractivity contribution is 0.632. The fourth-order valence-corrected chi connectivity index (χ4v) is 1.02. The van der Waals surface area contributed by atoms with Crippen molar-refractivity contribution in [3.8, 4) is 0 Å². The third-order valence-electron chi connectivity index (χ3n) is 1.07. The molecule has 0 amide bonds. The summed E-state index contributed by atoms with van der Waals surface area (Å²) in [6.07, 6.45) is 0. The largest absolute Gasteiger partial charge is 0.396 e. The second kappa shape index (κ2) is 5.38. The normalized spacial score (nSPS) is 8.75. The van der Waals surface area contributed by atoms with E-state index in [-0.39, 0.29) is 10.7 Å². The molecule has 0 radical (unpaired) electrons. The first kappa shape index (κ1) is 11.7. The van der Waals surface area contributed by atoms with E-state index in [1.165, 1.54) is 6.07 Å². The fraction of sp³-hybridized carbons (Fsp3) is 0.250. The summed E-state index contributed by atoms with van der Waals surface area (Å²) in [4.78, 5) is 0. The SMILES string of the molecule is CC.Nc1ccc(Br)c(Cl)c1F. The molecule has 0 saturated heterocycles. The number of hydrogen-bond acceptors (Lipinski definition) is 1. The zero-order chi connectivity index (χ0) is 9.72. The average Bonchev–Trinajstić information content (AvgIpc) is 2.12. The van der Waals surface area contributed by atoms with Gasteiger partial charge < -0.3 is 5.73 Å². The number of nitrogen functional groups attached to an aromatic ring is 1. The number of anilines is 1. The molecule has 0 heterocycles. The Bertz CT molecular complexity index is 238. The van der Waals surface area contributed by atoms with Gasteiger partial charge in [-0.3, -0.25) is 0 Å². The first-order chi connectivity index (χ1) is 5.63. The minimum absolute atomic E-state index is 0.0278. The second-order valence-corrected chi connectivity index (χ2v) is 3.00. The van der Waals surface area contributed by atoms with Gasteiger partial charge in [-0.05, 0) is 28.1 Å². The van der Waals surface area contributed by atoms with Crippen molar-refractivity contribution in [1.82, 2.24) is 0 Å². The molecule has 1 nitrogen and oxygen atoms in total. The highest BCUT2D eigenvalue weighted by atomic mass is 79.9. The molecule has 0 spiro atoms. The molecule has 0 atom stereocenters. The molecule has 0 aliphatic carbocycles. The molecular weight excluding hydrogens is 244 g/mol. The van der Waals surface area contributed by atoms with Crippen LogP contribution in [0.1, 0.15) is 13.8 Å². The van der Waals surface area contributed by atoms with E-state index in [4.69, 9.17) is 17.3 Å². The summed E-state index contributed by atoms with van der Waals surface area (Å²) in [6, 6.07) is 3.05. The molecule has 1 aromatic carbocycles. The Morgan fingerprint density at radius 3 is 2.33 bits per heavy atom. The highest BCUT2D eigenvalue weighted by Gasteiger charge is 2.06. The molecule has 12 heavy (non-hydrogen) atoms. The van der Waals surface area contributed by atoms with Gasteiger partial charge in [-0.25, -0.2) is 4.39 Å². The number of benzene rings is 1. The van der Waals surface area contributed by atoms with Crippen molar-refractivity contribution < 1.29 is 4.39 Å². The summed E-state index contributed by atoms with van der Waals surface area (Å²) < 4.78 is 13.2. The van der Waals surface area contributed by atoms with Gasteiger partial charge in [0.1, 0.15) is 0 Å². The highest BCUT2D eigenvalue weighted by Crippen LogP contribution is 2.28. The van der Waals surface area contributed by atoms with Crippen LogP contribution in [0.25, 0.3) is 0 Å². The summed E-state index contributed by atoms with van der Waals surface area (Å²) >= 11 is 8.53. The molecule has 0 aromatic heterocycles. The molecular formula is C8H10BrClFN. The van der Waals surface area contributed by atoms with E-state index in [0.29, 0.717) is 4.47 Å². The molecule has 1 aromatic rings. The number of nitrogens with two attached hydrogens (primary N) is 1. The maximum atomic E-state index is 12.7. The van der Waals surface area contributed by atoms with Gasteiger partial charge in [0.05, 0.1) is 10.7 Å². The van der Waals surface area contributed by atoms with Gasteiger partial charge in [-0.15, -0.1) is 0 Å². The van der Waals surface area contributed by atoms with Gasteiger partial charge in [-0.2, -0.15) is 0 Å². The first-order valence-corrected chi connectivity index (χ1v) is 4.69. The van der Waals surface area contributed by atoms with Crippen LogP contribution in [0.5, 0.6) is 0 Å². The standard InChI is InChI=1S/C6H4BrClFN.C2H6/c7-3-1-2-4(10)6(9)5(3)8;1-2/h1-2H,10H2;1-2H3. The third-order valence-corrected chi connectivity index (χ3v) is 2.32. The molecule has 0 fully saturated rings. The van der Waals surface area contributed by atoms with Crippen molar-refractivity contribution in [2.75, 3.05) is 5.73 Å². The molecule has 68 valence electrons. The summed E-state index contributed by atoms with van der Waals surface area (Å²) in [5.74, 6) is -0.573. The van der Waals surface area contributed by atoms with Crippen LogP contribution in [-0.2, 0) is 0 Å². The number of halogens is 3. The van der Waals surface area contributed by atoms with E-state index in [1.54, 1.807) is 6.07 Å². The summed E-state index contributed by atoms with van der Waals surface area (Å²) in [5.41, 5.74) is 5.27. The van der Waals surface area contributed by atoms with E-state index in [9.17, 15) is 4.39 Å². The number of hydrogen-bond donors (Lipinski definition) is 1. The zero-order valence-corrected chi connectivity index (χ0v) is 9.21. The highest BCUT2D eigenvalue weighted by molar-refractivity contribution is 9.10. The summed E-state index contributed by atoms with van der Waals surface area (Å²) in [5, 5.41) is 0.0278. The van der Waals surface area contributed by atoms with Gasteiger partial charge in [-0.1, -0.05) is 25.4 Å². The Morgan fingerprint density at radius 2 is 1.92 bits per heavy atom. The fourth-order valence-electron chi connectivity index (χ4n) is 0.541. The Kier molecular flexibility index (Phi) is 5.25.